The fraction of sp³-hybridized carbons (Fsp3) is 0.417. The molecule has 1 aliphatic rings. The zero-order chi connectivity index (χ0) is 21.7. The van der Waals surface area contributed by atoms with Crippen LogP contribution in [0, 0.1) is 20.8 Å². The molecule has 0 aliphatic heterocycles. The number of anilines is 1. The third-order valence-electron chi connectivity index (χ3n) is 5.34. The van der Waals surface area contributed by atoms with Crippen LogP contribution < -0.4 is 15.4 Å². The second kappa shape index (κ2) is 9.76. The molecule has 1 aliphatic carbocycles. The Bertz CT molecular complexity index is 881. The van der Waals surface area contributed by atoms with Crippen LogP contribution >= 0.6 is 0 Å². The summed E-state index contributed by atoms with van der Waals surface area (Å²) in [5, 5.41) is 5.68. The third kappa shape index (κ3) is 6.07. The highest BCUT2D eigenvalue weighted by Gasteiger charge is 2.30. The second-order valence-corrected chi connectivity index (χ2v) is 8.08. The molecular formula is C24H31N3O3. The van der Waals surface area contributed by atoms with E-state index in [4.69, 9.17) is 4.74 Å². The first kappa shape index (κ1) is 21.8. The van der Waals surface area contributed by atoms with Gasteiger partial charge in [-0.3, -0.25) is 14.5 Å². The molecule has 2 amide bonds. The fourth-order valence-electron chi connectivity index (χ4n) is 3.70. The zero-order valence-electron chi connectivity index (χ0n) is 18.2. The molecule has 3 rings (SSSR count). The quantitative estimate of drug-likeness (QED) is 0.666. The summed E-state index contributed by atoms with van der Waals surface area (Å²) in [6.45, 7) is 6.93. The number of hydrogen-bond acceptors (Lipinski definition) is 4. The summed E-state index contributed by atoms with van der Waals surface area (Å²) < 4.78 is 5.20. The molecule has 0 saturated heterocycles. The van der Waals surface area contributed by atoms with E-state index in [0.29, 0.717) is 12.6 Å². The minimum Gasteiger partial charge on any atom is -0.497 e. The maximum absolute atomic E-state index is 12.5. The first-order valence-electron chi connectivity index (χ1n) is 10.4. The molecule has 0 aromatic heterocycles. The van der Waals surface area contributed by atoms with Gasteiger partial charge in [0.1, 0.15) is 5.75 Å². The van der Waals surface area contributed by atoms with Crippen molar-refractivity contribution < 1.29 is 14.3 Å². The molecule has 0 unspecified atom stereocenters. The van der Waals surface area contributed by atoms with E-state index in [2.05, 4.69) is 15.5 Å². The molecular weight excluding hydrogens is 378 g/mol. The van der Waals surface area contributed by atoms with Gasteiger partial charge in [0.15, 0.2) is 0 Å². The Balaban J connectivity index is 1.50. The molecule has 30 heavy (non-hydrogen) atoms. The zero-order valence-corrected chi connectivity index (χ0v) is 18.2. The highest BCUT2D eigenvalue weighted by atomic mass is 16.5. The molecule has 0 radical (unpaired) electrons. The smallest absolute Gasteiger partial charge is 0.243 e. The molecule has 1 fully saturated rings. The molecule has 0 bridgehead atoms. The summed E-state index contributed by atoms with van der Waals surface area (Å²) in [5.41, 5.74) is 5.16. The van der Waals surface area contributed by atoms with Crippen LogP contribution in [0.2, 0.25) is 0 Å². The van der Waals surface area contributed by atoms with Gasteiger partial charge in [-0.15, -0.1) is 0 Å². The van der Waals surface area contributed by atoms with E-state index in [1.807, 2.05) is 57.2 Å². The predicted molar refractivity (Wildman–Crippen MR) is 119 cm³/mol. The Hall–Kier alpha value is -2.86. The SMILES string of the molecule is COc1ccc(CN(CC(=O)NCC(=O)Nc2c(C)cc(C)cc2C)C2CC2)cc1. The van der Waals surface area contributed by atoms with E-state index in [0.717, 1.165) is 46.5 Å². The number of nitrogens with one attached hydrogen (secondary N) is 2. The highest BCUT2D eigenvalue weighted by Crippen LogP contribution is 2.28. The van der Waals surface area contributed by atoms with Crippen molar-refractivity contribution in [1.82, 2.24) is 10.2 Å². The van der Waals surface area contributed by atoms with Crippen molar-refractivity contribution in [3.8, 4) is 5.75 Å². The molecule has 160 valence electrons. The first-order chi connectivity index (χ1) is 14.4. The van der Waals surface area contributed by atoms with Gasteiger partial charge in [-0.1, -0.05) is 29.8 Å². The Kier molecular flexibility index (Phi) is 7.11. The summed E-state index contributed by atoms with van der Waals surface area (Å²) in [6, 6.07) is 12.4. The Morgan fingerprint density at radius 2 is 1.67 bits per heavy atom. The van der Waals surface area contributed by atoms with Gasteiger partial charge in [-0.25, -0.2) is 0 Å². The fourth-order valence-corrected chi connectivity index (χ4v) is 3.70. The summed E-state index contributed by atoms with van der Waals surface area (Å²) in [6.07, 6.45) is 2.21. The lowest BCUT2D eigenvalue weighted by atomic mass is 10.1. The minimum atomic E-state index is -0.216. The third-order valence-corrected chi connectivity index (χ3v) is 5.34. The molecule has 1 saturated carbocycles. The molecule has 6 nitrogen and oxygen atoms in total. The largest absolute Gasteiger partial charge is 0.497 e. The van der Waals surface area contributed by atoms with Crippen molar-refractivity contribution in [2.45, 2.75) is 46.2 Å². The number of rotatable bonds is 9. The maximum Gasteiger partial charge on any atom is 0.243 e. The number of carbonyl (C=O) groups excluding carboxylic acids is 2. The maximum atomic E-state index is 12.5. The normalized spacial score (nSPS) is 13.2. The van der Waals surface area contributed by atoms with Crippen LogP contribution in [0.5, 0.6) is 5.75 Å². The van der Waals surface area contributed by atoms with Gasteiger partial charge >= 0.3 is 0 Å². The van der Waals surface area contributed by atoms with Crippen molar-refractivity contribution >= 4 is 17.5 Å². The van der Waals surface area contributed by atoms with E-state index < -0.39 is 0 Å². The number of amides is 2. The predicted octanol–water partition coefficient (Wildman–Crippen LogP) is 3.34. The highest BCUT2D eigenvalue weighted by molar-refractivity contribution is 5.96. The van der Waals surface area contributed by atoms with E-state index in [1.165, 1.54) is 0 Å². The summed E-state index contributed by atoms with van der Waals surface area (Å²) in [5.74, 6) is 0.467. The van der Waals surface area contributed by atoms with Crippen molar-refractivity contribution in [3.05, 3.63) is 58.7 Å². The van der Waals surface area contributed by atoms with Gasteiger partial charge in [0.25, 0.3) is 0 Å². The van der Waals surface area contributed by atoms with Crippen LogP contribution in [0.4, 0.5) is 5.69 Å². The molecule has 0 heterocycles. The Morgan fingerprint density at radius 3 is 2.23 bits per heavy atom. The van der Waals surface area contributed by atoms with Crippen LogP contribution in [-0.2, 0) is 16.1 Å². The minimum absolute atomic E-state index is 0.0351. The lowest BCUT2D eigenvalue weighted by Gasteiger charge is -2.21. The van der Waals surface area contributed by atoms with E-state index in [1.54, 1.807) is 7.11 Å². The topological polar surface area (TPSA) is 70.7 Å². The number of ether oxygens (including phenoxy) is 1. The van der Waals surface area contributed by atoms with Crippen LogP contribution in [0.25, 0.3) is 0 Å². The summed E-state index contributed by atoms with van der Waals surface area (Å²) in [4.78, 5) is 27.0. The number of nitrogens with zero attached hydrogens (tertiary/aromatic N) is 1. The van der Waals surface area contributed by atoms with Gasteiger partial charge < -0.3 is 15.4 Å². The molecule has 6 heteroatoms. The molecule has 2 aromatic rings. The van der Waals surface area contributed by atoms with Crippen LogP contribution in [0.15, 0.2) is 36.4 Å². The second-order valence-electron chi connectivity index (χ2n) is 8.08. The Morgan fingerprint density at radius 1 is 1.03 bits per heavy atom. The van der Waals surface area contributed by atoms with Gasteiger partial charge in [-0.05, 0) is 62.4 Å². The number of methoxy groups -OCH3 is 1. The van der Waals surface area contributed by atoms with Crippen LogP contribution in [-0.4, -0.2) is 43.0 Å². The molecule has 2 aromatic carbocycles. The summed E-state index contributed by atoms with van der Waals surface area (Å²) >= 11 is 0. The van der Waals surface area contributed by atoms with Gasteiger partial charge in [0, 0.05) is 18.3 Å². The van der Waals surface area contributed by atoms with Crippen molar-refractivity contribution in [1.29, 1.82) is 0 Å². The van der Waals surface area contributed by atoms with E-state index in [9.17, 15) is 9.59 Å². The van der Waals surface area contributed by atoms with Crippen LogP contribution in [0.1, 0.15) is 35.1 Å². The monoisotopic (exact) mass is 409 g/mol. The van der Waals surface area contributed by atoms with Gasteiger partial charge in [0.2, 0.25) is 11.8 Å². The Labute approximate surface area is 178 Å². The number of carbonyl (C=O) groups is 2. The van der Waals surface area contributed by atoms with Crippen LogP contribution in [0.3, 0.4) is 0 Å². The standard InChI is InChI=1S/C24H31N3O3/c1-16-11-17(2)24(18(3)12-16)26-22(28)13-25-23(29)15-27(20-7-8-20)14-19-5-9-21(30-4)10-6-19/h5-6,9-12,20H,7-8,13-15H2,1-4H3,(H,25,29)(H,26,28). The number of aryl methyl sites for hydroxylation is 3. The van der Waals surface area contributed by atoms with Gasteiger partial charge in [-0.2, -0.15) is 0 Å². The average Bonchev–Trinajstić information content (AvgIpc) is 3.54. The lowest BCUT2D eigenvalue weighted by molar-refractivity contribution is -0.125. The van der Waals surface area contributed by atoms with Crippen molar-refractivity contribution in [2.75, 3.05) is 25.5 Å². The number of benzene rings is 2. The molecule has 0 spiro atoms. The van der Waals surface area contributed by atoms with E-state index in [-0.39, 0.29) is 24.9 Å². The molecule has 2 N–H and O–H groups in total. The first-order valence-corrected chi connectivity index (χ1v) is 10.4. The van der Waals surface area contributed by atoms with Gasteiger partial charge in [0.05, 0.1) is 20.2 Å². The lowest BCUT2D eigenvalue weighted by Crippen LogP contribution is -2.41. The average molecular weight is 410 g/mol. The molecule has 0 atom stereocenters. The van der Waals surface area contributed by atoms with Crippen molar-refractivity contribution in [2.24, 2.45) is 0 Å². The van der Waals surface area contributed by atoms with E-state index >= 15 is 0 Å². The summed E-state index contributed by atoms with van der Waals surface area (Å²) in [7, 11) is 1.65. The number of hydrogen-bond donors (Lipinski definition) is 2. The van der Waals surface area contributed by atoms with Crippen molar-refractivity contribution in [3.63, 3.8) is 0 Å².